The van der Waals surface area contributed by atoms with E-state index in [-0.39, 0.29) is 0 Å². The number of thiocarbonyl (C=S) groups is 1. The van der Waals surface area contributed by atoms with E-state index < -0.39 is 0 Å². The minimum atomic E-state index is 0.540. The van der Waals surface area contributed by atoms with Crippen LogP contribution in [0.5, 0.6) is 0 Å². The van der Waals surface area contributed by atoms with Gasteiger partial charge in [-0.25, -0.2) is 0 Å². The second-order valence-corrected chi connectivity index (χ2v) is 6.22. The summed E-state index contributed by atoms with van der Waals surface area (Å²) in [7, 11) is 0. The molecule has 0 heterocycles. The molecule has 0 aliphatic rings. The number of nitrogens with one attached hydrogen (secondary N) is 2. The van der Waals surface area contributed by atoms with Crippen LogP contribution in [0, 0.1) is 0 Å². The molecule has 0 aliphatic carbocycles. The highest BCUT2D eigenvalue weighted by molar-refractivity contribution is 9.10. The van der Waals surface area contributed by atoms with Gasteiger partial charge in [-0.2, -0.15) is 0 Å². The molecule has 0 radical (unpaired) electrons. The first kappa shape index (κ1) is 15.6. The normalized spacial score (nSPS) is 10.2. The lowest BCUT2D eigenvalue weighted by atomic mass is 10.2. The van der Waals surface area contributed by atoms with Gasteiger partial charge in [0.15, 0.2) is 5.11 Å². The van der Waals surface area contributed by atoms with Crippen LogP contribution in [0.15, 0.2) is 46.9 Å². The molecule has 0 aromatic heterocycles. The molecule has 2 aromatic carbocycles. The Morgan fingerprint density at radius 1 is 1.10 bits per heavy atom. The van der Waals surface area contributed by atoms with Gasteiger partial charge in [0.05, 0.1) is 0 Å². The topological polar surface area (TPSA) is 24.1 Å². The van der Waals surface area contributed by atoms with E-state index in [1.807, 2.05) is 30.3 Å². The third-order valence-corrected chi connectivity index (χ3v) is 3.92. The van der Waals surface area contributed by atoms with Crippen molar-refractivity contribution in [1.29, 1.82) is 0 Å². The van der Waals surface area contributed by atoms with E-state index in [2.05, 4.69) is 26.6 Å². The molecule has 6 heteroatoms. The summed E-state index contributed by atoms with van der Waals surface area (Å²) in [5.74, 6) is 0. The molecule has 0 aliphatic heterocycles. The van der Waals surface area contributed by atoms with Crippen molar-refractivity contribution in [2.24, 2.45) is 0 Å². The van der Waals surface area contributed by atoms with Gasteiger partial charge < -0.3 is 10.6 Å². The molecule has 2 aromatic rings. The number of rotatable bonds is 3. The first-order valence-corrected chi connectivity index (χ1v) is 7.74. The van der Waals surface area contributed by atoms with E-state index in [0.29, 0.717) is 21.7 Å². The standard InChI is InChI=1S/C14H11BrCl2N2S/c15-10-2-5-12(6-3-10)19-14(20)18-8-9-1-4-11(16)7-13(9)17/h1-7H,8H2,(H2,18,19,20). The molecule has 0 unspecified atom stereocenters. The van der Waals surface area contributed by atoms with Crippen molar-refractivity contribution in [3.05, 3.63) is 62.5 Å². The molecule has 0 saturated heterocycles. The molecule has 0 saturated carbocycles. The summed E-state index contributed by atoms with van der Waals surface area (Å²) in [6.07, 6.45) is 0. The Bertz CT molecular complexity index is 617. The zero-order valence-electron chi connectivity index (χ0n) is 10.3. The quantitative estimate of drug-likeness (QED) is 0.701. The van der Waals surface area contributed by atoms with E-state index >= 15 is 0 Å². The number of anilines is 1. The Kier molecular flexibility index (Phi) is 5.66. The number of halogens is 3. The van der Waals surface area contributed by atoms with Gasteiger partial charge in [-0.05, 0) is 54.2 Å². The van der Waals surface area contributed by atoms with Crippen molar-refractivity contribution < 1.29 is 0 Å². The largest absolute Gasteiger partial charge is 0.358 e. The predicted molar refractivity (Wildman–Crippen MR) is 93.7 cm³/mol. The molecule has 0 fully saturated rings. The fourth-order valence-corrected chi connectivity index (χ4v) is 2.48. The van der Waals surface area contributed by atoms with E-state index in [9.17, 15) is 0 Å². The SMILES string of the molecule is S=C(NCc1ccc(Cl)cc1Cl)Nc1ccc(Br)cc1. The highest BCUT2D eigenvalue weighted by Gasteiger charge is 2.03. The molecule has 0 bridgehead atoms. The van der Waals surface area contributed by atoms with Crippen LogP contribution >= 0.6 is 51.3 Å². The average Bonchev–Trinajstić information content (AvgIpc) is 2.40. The predicted octanol–water partition coefficient (Wildman–Crippen LogP) is 5.24. The second kappa shape index (κ2) is 7.27. The fourth-order valence-electron chi connectivity index (χ4n) is 1.55. The molecular formula is C14H11BrCl2N2S. The highest BCUT2D eigenvalue weighted by atomic mass is 79.9. The molecule has 104 valence electrons. The van der Waals surface area contributed by atoms with Gasteiger partial charge in [-0.15, -0.1) is 0 Å². The zero-order chi connectivity index (χ0) is 14.5. The van der Waals surface area contributed by atoms with Gasteiger partial charge in [0.2, 0.25) is 0 Å². The molecule has 20 heavy (non-hydrogen) atoms. The molecule has 2 N–H and O–H groups in total. The minimum Gasteiger partial charge on any atom is -0.358 e. The Balaban J connectivity index is 1.90. The van der Waals surface area contributed by atoms with E-state index in [0.717, 1.165) is 15.7 Å². The van der Waals surface area contributed by atoms with Crippen LogP contribution in [0.25, 0.3) is 0 Å². The summed E-state index contributed by atoms with van der Waals surface area (Å²) in [5.41, 5.74) is 1.86. The van der Waals surface area contributed by atoms with Crippen molar-refractivity contribution in [3.63, 3.8) is 0 Å². The molecule has 0 spiro atoms. The van der Waals surface area contributed by atoms with Crippen LogP contribution in [-0.2, 0) is 6.54 Å². The smallest absolute Gasteiger partial charge is 0.171 e. The van der Waals surface area contributed by atoms with Crippen molar-refractivity contribution >= 4 is 62.1 Å². The summed E-state index contributed by atoms with van der Waals surface area (Å²) in [5, 5.41) is 7.99. The summed E-state index contributed by atoms with van der Waals surface area (Å²) in [6.45, 7) is 0.540. The lowest BCUT2D eigenvalue weighted by molar-refractivity contribution is 0.926. The first-order valence-electron chi connectivity index (χ1n) is 5.79. The third-order valence-electron chi connectivity index (χ3n) is 2.56. The lowest BCUT2D eigenvalue weighted by Gasteiger charge is -2.11. The Hall–Kier alpha value is -0.810. The van der Waals surface area contributed by atoms with Crippen LogP contribution in [0.1, 0.15) is 5.56 Å². The maximum absolute atomic E-state index is 6.10. The van der Waals surface area contributed by atoms with E-state index in [4.69, 9.17) is 35.4 Å². The molecular weight excluding hydrogens is 379 g/mol. The minimum absolute atomic E-state index is 0.540. The van der Waals surface area contributed by atoms with Crippen LogP contribution in [0.2, 0.25) is 10.0 Å². The van der Waals surface area contributed by atoms with Gasteiger partial charge in [0.25, 0.3) is 0 Å². The number of hydrogen-bond donors (Lipinski definition) is 2. The van der Waals surface area contributed by atoms with Gasteiger partial charge in [-0.3, -0.25) is 0 Å². The van der Waals surface area contributed by atoms with Crippen LogP contribution in [-0.4, -0.2) is 5.11 Å². The fraction of sp³-hybridized carbons (Fsp3) is 0.0714. The van der Waals surface area contributed by atoms with Gasteiger partial charge in [0.1, 0.15) is 0 Å². The van der Waals surface area contributed by atoms with Crippen LogP contribution in [0.4, 0.5) is 5.69 Å². The van der Waals surface area contributed by atoms with Gasteiger partial charge in [0, 0.05) is 26.8 Å². The zero-order valence-corrected chi connectivity index (χ0v) is 14.2. The summed E-state index contributed by atoms with van der Waals surface area (Å²) >= 11 is 20.6. The maximum atomic E-state index is 6.10. The van der Waals surface area contributed by atoms with E-state index in [1.54, 1.807) is 12.1 Å². The number of benzene rings is 2. The average molecular weight is 390 g/mol. The molecule has 0 amide bonds. The number of hydrogen-bond acceptors (Lipinski definition) is 1. The van der Waals surface area contributed by atoms with Crippen molar-refractivity contribution in [2.75, 3.05) is 5.32 Å². The maximum Gasteiger partial charge on any atom is 0.171 e. The van der Waals surface area contributed by atoms with Crippen molar-refractivity contribution in [3.8, 4) is 0 Å². The first-order chi connectivity index (χ1) is 9.54. The highest BCUT2D eigenvalue weighted by Crippen LogP contribution is 2.20. The summed E-state index contributed by atoms with van der Waals surface area (Å²) in [4.78, 5) is 0. The van der Waals surface area contributed by atoms with Crippen molar-refractivity contribution in [2.45, 2.75) is 6.54 Å². The molecule has 2 rings (SSSR count). The van der Waals surface area contributed by atoms with Gasteiger partial charge >= 0.3 is 0 Å². The monoisotopic (exact) mass is 388 g/mol. The molecule has 0 atom stereocenters. The Morgan fingerprint density at radius 2 is 1.80 bits per heavy atom. The summed E-state index contributed by atoms with van der Waals surface area (Å²) < 4.78 is 1.02. The summed E-state index contributed by atoms with van der Waals surface area (Å²) in [6, 6.07) is 13.2. The lowest BCUT2D eigenvalue weighted by Crippen LogP contribution is -2.27. The second-order valence-electron chi connectivity index (χ2n) is 4.05. The van der Waals surface area contributed by atoms with Crippen molar-refractivity contribution in [1.82, 2.24) is 5.32 Å². The molecule has 2 nitrogen and oxygen atoms in total. The Labute approximate surface area is 141 Å². The van der Waals surface area contributed by atoms with E-state index in [1.165, 1.54) is 0 Å². The van der Waals surface area contributed by atoms with Gasteiger partial charge in [-0.1, -0.05) is 45.2 Å². The van der Waals surface area contributed by atoms with Crippen LogP contribution < -0.4 is 10.6 Å². The third kappa shape index (κ3) is 4.63. The Morgan fingerprint density at radius 3 is 2.45 bits per heavy atom. The van der Waals surface area contributed by atoms with Crippen LogP contribution in [0.3, 0.4) is 0 Å².